The fraction of sp³-hybridized carbons (Fsp3) is 0.409. The van der Waals surface area contributed by atoms with Crippen molar-refractivity contribution < 1.29 is 9.59 Å². The molecular weight excluding hydrogens is 352 g/mol. The summed E-state index contributed by atoms with van der Waals surface area (Å²) in [4.78, 5) is 30.8. The summed E-state index contributed by atoms with van der Waals surface area (Å²) in [5, 5.41) is 5.43. The summed E-state index contributed by atoms with van der Waals surface area (Å²) in [5.41, 5.74) is 1.83. The van der Waals surface area contributed by atoms with E-state index in [1.54, 1.807) is 6.20 Å². The number of benzene rings is 1. The second-order valence-corrected chi connectivity index (χ2v) is 7.56. The molecular formula is C22H28N4O2. The van der Waals surface area contributed by atoms with Crippen molar-refractivity contribution in [3.8, 4) is 0 Å². The molecule has 6 heteroatoms. The van der Waals surface area contributed by atoms with Crippen LogP contribution in [0.15, 0.2) is 48.7 Å². The number of nitrogens with zero attached hydrogens (tertiary/aromatic N) is 2. The number of hydrogen-bond donors (Lipinski definition) is 2. The Morgan fingerprint density at radius 1 is 1.07 bits per heavy atom. The minimum absolute atomic E-state index is 0.377. The molecule has 0 spiro atoms. The Balaban J connectivity index is 1.41. The van der Waals surface area contributed by atoms with Crippen molar-refractivity contribution >= 4 is 23.3 Å². The summed E-state index contributed by atoms with van der Waals surface area (Å²) >= 11 is 0. The zero-order chi connectivity index (χ0) is 19.9. The standard InChI is InChI=1S/C22H28N4O2/c1-16(2)18-6-8-19(9-7-18)25-22(28)21(27)24-15-17-10-13-26(14-11-17)20-5-3-4-12-23-20/h3-9,12,16-17H,10-11,13-15H2,1-2H3,(H,24,27)(H,25,28). The van der Waals surface area contributed by atoms with Gasteiger partial charge in [0.25, 0.3) is 0 Å². The highest BCUT2D eigenvalue weighted by Crippen LogP contribution is 2.21. The van der Waals surface area contributed by atoms with E-state index in [1.165, 1.54) is 5.56 Å². The van der Waals surface area contributed by atoms with Gasteiger partial charge in [-0.2, -0.15) is 0 Å². The highest BCUT2D eigenvalue weighted by atomic mass is 16.2. The topological polar surface area (TPSA) is 74.3 Å². The van der Waals surface area contributed by atoms with E-state index in [0.717, 1.165) is 31.7 Å². The lowest BCUT2D eigenvalue weighted by Gasteiger charge is -2.32. The molecule has 28 heavy (non-hydrogen) atoms. The lowest BCUT2D eigenvalue weighted by molar-refractivity contribution is -0.136. The van der Waals surface area contributed by atoms with Crippen molar-refractivity contribution in [2.24, 2.45) is 5.92 Å². The average Bonchev–Trinajstić information content (AvgIpc) is 2.73. The first-order valence-corrected chi connectivity index (χ1v) is 9.88. The van der Waals surface area contributed by atoms with Gasteiger partial charge in [0.15, 0.2) is 0 Å². The quantitative estimate of drug-likeness (QED) is 0.782. The van der Waals surface area contributed by atoms with Crippen LogP contribution in [0.4, 0.5) is 11.5 Å². The van der Waals surface area contributed by atoms with Crippen molar-refractivity contribution in [1.82, 2.24) is 10.3 Å². The zero-order valence-electron chi connectivity index (χ0n) is 16.5. The van der Waals surface area contributed by atoms with Crippen LogP contribution in [0.3, 0.4) is 0 Å². The number of aromatic nitrogens is 1. The number of pyridine rings is 1. The molecule has 1 aliphatic heterocycles. The molecule has 2 aromatic rings. The molecule has 1 aliphatic rings. The number of rotatable bonds is 5. The van der Waals surface area contributed by atoms with Crippen LogP contribution >= 0.6 is 0 Å². The molecule has 148 valence electrons. The molecule has 0 bridgehead atoms. The molecule has 1 fully saturated rings. The second-order valence-electron chi connectivity index (χ2n) is 7.56. The predicted molar refractivity (Wildman–Crippen MR) is 111 cm³/mol. The van der Waals surface area contributed by atoms with Gasteiger partial charge in [0, 0.05) is 31.5 Å². The van der Waals surface area contributed by atoms with Crippen LogP contribution in [0.2, 0.25) is 0 Å². The van der Waals surface area contributed by atoms with Gasteiger partial charge >= 0.3 is 11.8 Å². The summed E-state index contributed by atoms with van der Waals surface area (Å²) in [6.07, 6.45) is 3.74. The molecule has 1 saturated heterocycles. The van der Waals surface area contributed by atoms with E-state index in [4.69, 9.17) is 0 Å². The summed E-state index contributed by atoms with van der Waals surface area (Å²) in [5.74, 6) is 0.593. The van der Waals surface area contributed by atoms with E-state index in [0.29, 0.717) is 24.1 Å². The summed E-state index contributed by atoms with van der Waals surface area (Å²) in [6, 6.07) is 13.5. The Labute approximate surface area is 166 Å². The molecule has 0 saturated carbocycles. The molecule has 0 atom stereocenters. The lowest BCUT2D eigenvalue weighted by atomic mass is 9.97. The van der Waals surface area contributed by atoms with Gasteiger partial charge in [-0.15, -0.1) is 0 Å². The number of carbonyl (C=O) groups excluding carboxylic acids is 2. The van der Waals surface area contributed by atoms with Crippen LogP contribution in [-0.2, 0) is 9.59 Å². The summed E-state index contributed by atoms with van der Waals surface area (Å²) in [6.45, 7) is 6.57. The zero-order valence-corrected chi connectivity index (χ0v) is 16.5. The highest BCUT2D eigenvalue weighted by Gasteiger charge is 2.22. The molecule has 0 aliphatic carbocycles. The first-order chi connectivity index (χ1) is 13.5. The average molecular weight is 380 g/mol. The van der Waals surface area contributed by atoms with Crippen molar-refractivity contribution in [1.29, 1.82) is 0 Å². The van der Waals surface area contributed by atoms with Crippen molar-refractivity contribution in [3.63, 3.8) is 0 Å². The Bertz CT molecular complexity index is 782. The molecule has 3 rings (SSSR count). The van der Waals surface area contributed by atoms with Crippen LogP contribution in [0.25, 0.3) is 0 Å². The van der Waals surface area contributed by atoms with Gasteiger partial charge in [0.2, 0.25) is 0 Å². The highest BCUT2D eigenvalue weighted by molar-refractivity contribution is 6.39. The van der Waals surface area contributed by atoms with Crippen LogP contribution in [0.5, 0.6) is 0 Å². The molecule has 6 nitrogen and oxygen atoms in total. The Morgan fingerprint density at radius 3 is 2.39 bits per heavy atom. The third-order valence-electron chi connectivity index (χ3n) is 5.18. The van der Waals surface area contributed by atoms with Gasteiger partial charge in [0.05, 0.1) is 0 Å². The van der Waals surface area contributed by atoms with Gasteiger partial charge in [-0.05, 0) is 54.5 Å². The predicted octanol–water partition coefficient (Wildman–Crippen LogP) is 3.18. The second kappa shape index (κ2) is 9.35. The van der Waals surface area contributed by atoms with Gasteiger partial charge < -0.3 is 15.5 Å². The lowest BCUT2D eigenvalue weighted by Crippen LogP contribution is -2.42. The first kappa shape index (κ1) is 19.9. The van der Waals surface area contributed by atoms with Crippen LogP contribution < -0.4 is 15.5 Å². The minimum atomic E-state index is -0.622. The molecule has 1 aromatic heterocycles. The van der Waals surface area contributed by atoms with Crippen molar-refractivity contribution in [3.05, 3.63) is 54.2 Å². The van der Waals surface area contributed by atoms with Gasteiger partial charge in [-0.1, -0.05) is 32.0 Å². The maximum atomic E-state index is 12.1. The van der Waals surface area contributed by atoms with E-state index >= 15 is 0 Å². The van der Waals surface area contributed by atoms with E-state index < -0.39 is 11.8 Å². The molecule has 2 heterocycles. The monoisotopic (exact) mass is 380 g/mol. The van der Waals surface area contributed by atoms with Crippen LogP contribution in [0.1, 0.15) is 38.2 Å². The normalized spacial score (nSPS) is 14.8. The number of piperidine rings is 1. The van der Waals surface area contributed by atoms with Gasteiger partial charge in [0.1, 0.15) is 5.82 Å². The van der Waals surface area contributed by atoms with E-state index in [9.17, 15) is 9.59 Å². The molecule has 0 radical (unpaired) electrons. The number of amides is 2. The fourth-order valence-electron chi connectivity index (χ4n) is 3.36. The van der Waals surface area contributed by atoms with Gasteiger partial charge in [-0.3, -0.25) is 9.59 Å². The van der Waals surface area contributed by atoms with E-state index in [2.05, 4.69) is 34.4 Å². The third-order valence-corrected chi connectivity index (χ3v) is 5.18. The Hall–Kier alpha value is -2.89. The maximum absolute atomic E-state index is 12.1. The minimum Gasteiger partial charge on any atom is -0.357 e. The van der Waals surface area contributed by atoms with Crippen LogP contribution in [0, 0.1) is 5.92 Å². The Kier molecular flexibility index (Phi) is 6.63. The molecule has 2 amide bonds. The number of hydrogen-bond acceptors (Lipinski definition) is 4. The van der Waals surface area contributed by atoms with Crippen molar-refractivity contribution in [2.45, 2.75) is 32.6 Å². The number of anilines is 2. The molecule has 1 aromatic carbocycles. The smallest absolute Gasteiger partial charge is 0.313 e. The van der Waals surface area contributed by atoms with Crippen molar-refractivity contribution in [2.75, 3.05) is 29.9 Å². The number of carbonyl (C=O) groups is 2. The number of nitrogens with one attached hydrogen (secondary N) is 2. The fourth-order valence-corrected chi connectivity index (χ4v) is 3.36. The Morgan fingerprint density at radius 2 is 1.79 bits per heavy atom. The largest absolute Gasteiger partial charge is 0.357 e. The van der Waals surface area contributed by atoms with Gasteiger partial charge in [-0.25, -0.2) is 4.98 Å². The van der Waals surface area contributed by atoms with Crippen LogP contribution in [-0.4, -0.2) is 36.4 Å². The van der Waals surface area contributed by atoms with E-state index in [1.807, 2.05) is 42.5 Å². The third kappa shape index (κ3) is 5.31. The molecule has 0 unspecified atom stereocenters. The summed E-state index contributed by atoms with van der Waals surface area (Å²) < 4.78 is 0. The summed E-state index contributed by atoms with van der Waals surface area (Å²) in [7, 11) is 0. The maximum Gasteiger partial charge on any atom is 0.313 e. The SMILES string of the molecule is CC(C)c1ccc(NC(=O)C(=O)NCC2CCN(c3ccccn3)CC2)cc1. The van der Waals surface area contributed by atoms with E-state index in [-0.39, 0.29) is 0 Å². The molecule has 2 N–H and O–H groups in total. The first-order valence-electron chi connectivity index (χ1n) is 9.88.